The molecule has 0 saturated carbocycles. The van der Waals surface area contributed by atoms with Crippen molar-refractivity contribution in [2.45, 2.75) is 40.0 Å². The van der Waals surface area contributed by atoms with E-state index in [1.54, 1.807) is 0 Å². The van der Waals surface area contributed by atoms with Gasteiger partial charge in [0.05, 0.1) is 17.0 Å². The summed E-state index contributed by atoms with van der Waals surface area (Å²) in [5, 5.41) is 7.83. The quantitative estimate of drug-likeness (QED) is 0.131. The second-order valence-electron chi connectivity index (χ2n) is 15.8. The third kappa shape index (κ3) is 4.90. The monoisotopic (exact) mass is 903 g/mol. The van der Waals surface area contributed by atoms with Crippen molar-refractivity contribution in [3.63, 3.8) is 0 Å². The maximum absolute atomic E-state index is 6.70. The van der Waals surface area contributed by atoms with E-state index in [0.29, 0.717) is 11.5 Å². The van der Waals surface area contributed by atoms with E-state index in [9.17, 15) is 0 Å². The van der Waals surface area contributed by atoms with E-state index in [-0.39, 0.29) is 26.5 Å². The van der Waals surface area contributed by atoms with Crippen LogP contribution in [-0.2, 0) is 26.5 Å². The number of nitrogens with zero attached hydrogens (tertiary/aromatic N) is 4. The van der Waals surface area contributed by atoms with Crippen LogP contribution >= 0.6 is 0 Å². The molecule has 0 fully saturated rings. The van der Waals surface area contributed by atoms with Crippen LogP contribution in [0.4, 0.5) is 0 Å². The first-order valence-electron chi connectivity index (χ1n) is 18.8. The molecule has 0 unspecified atom stereocenters. The summed E-state index contributed by atoms with van der Waals surface area (Å²) >= 11 is 0. The van der Waals surface area contributed by atoms with E-state index < -0.39 is 0 Å². The minimum atomic E-state index is -0.0358. The Morgan fingerprint density at radius 2 is 1.25 bits per heavy atom. The standard InChI is InChI=1S/C50H36N4O.Pt/c1-29-13-6-8-15-33(29)45-47(34-16-9-7-14-30(34)2)53-42-20-11-10-17-36(42)35-23-21-31(27-40(35)48(53)52-45)55-32-22-24-37-38-18-12-19-39-44-41(50(3,4)5)25-26-51-49(44)54(46(38)39)43(37)28-32;/h6-26H,1-5H3;/q-2;+2. The molecule has 0 radical (unpaired) electrons. The topological polar surface area (TPSA) is 43.8 Å². The third-order valence-corrected chi connectivity index (χ3v) is 11.4. The van der Waals surface area contributed by atoms with Crippen LogP contribution in [-0.4, -0.2) is 18.8 Å². The number of aryl methyl sites for hydroxylation is 2. The number of imidazole rings is 1. The molecule has 0 aliphatic heterocycles. The van der Waals surface area contributed by atoms with Crippen molar-refractivity contribution in [2.75, 3.05) is 0 Å². The third-order valence-electron chi connectivity index (χ3n) is 11.4. The number of aromatic nitrogens is 4. The first kappa shape index (κ1) is 34.5. The Morgan fingerprint density at radius 1 is 0.589 bits per heavy atom. The Kier molecular flexibility index (Phi) is 7.69. The van der Waals surface area contributed by atoms with Gasteiger partial charge < -0.3 is 13.5 Å². The minimum Gasteiger partial charge on any atom is -0.503 e. The van der Waals surface area contributed by atoms with Gasteiger partial charge in [0.2, 0.25) is 0 Å². The van der Waals surface area contributed by atoms with E-state index in [1.165, 1.54) is 38.4 Å². The van der Waals surface area contributed by atoms with Gasteiger partial charge in [0, 0.05) is 50.6 Å². The van der Waals surface area contributed by atoms with Gasteiger partial charge in [0.15, 0.2) is 0 Å². The molecule has 0 saturated heterocycles. The molecular weight excluding hydrogens is 868 g/mol. The zero-order chi connectivity index (χ0) is 37.2. The predicted octanol–water partition coefficient (Wildman–Crippen LogP) is 12.8. The zero-order valence-electron chi connectivity index (χ0n) is 31.6. The number of ether oxygens (including phenoxy) is 1. The van der Waals surface area contributed by atoms with E-state index in [1.807, 2.05) is 18.3 Å². The summed E-state index contributed by atoms with van der Waals surface area (Å²) < 4.78 is 11.3. The predicted molar refractivity (Wildman–Crippen MR) is 226 cm³/mol. The van der Waals surface area contributed by atoms with Gasteiger partial charge in [-0.05, 0) is 58.9 Å². The van der Waals surface area contributed by atoms with Crippen LogP contribution in [0.5, 0.6) is 11.5 Å². The van der Waals surface area contributed by atoms with Crippen molar-refractivity contribution >= 4 is 65.5 Å². The van der Waals surface area contributed by atoms with Crippen LogP contribution < -0.4 is 4.74 Å². The van der Waals surface area contributed by atoms with Crippen LogP contribution in [0.25, 0.3) is 88.1 Å². The maximum Gasteiger partial charge on any atom is 2.00 e. The minimum absolute atomic E-state index is 0. The molecule has 6 aromatic carbocycles. The molecule has 272 valence electrons. The fourth-order valence-electron chi connectivity index (χ4n) is 8.84. The summed E-state index contributed by atoms with van der Waals surface area (Å²) in [4.78, 5) is 10.4. The van der Waals surface area contributed by atoms with E-state index in [0.717, 1.165) is 66.4 Å². The SMILES string of the molecule is Cc1ccccc1-c1nc2c3[c-]c(Oc4[c-]c5c(cc4)c4cccc6c7c(C(C)(C)C)ccnc7n5c46)ccc3c3ccccc3n2c1-c1ccccc1C.[Pt+2]. The van der Waals surface area contributed by atoms with Crippen LogP contribution in [0.2, 0.25) is 0 Å². The van der Waals surface area contributed by atoms with E-state index in [2.05, 4.69) is 165 Å². The van der Waals surface area contributed by atoms with Gasteiger partial charge >= 0.3 is 21.1 Å². The fourth-order valence-corrected chi connectivity index (χ4v) is 8.84. The molecule has 5 nitrogen and oxygen atoms in total. The first-order valence-corrected chi connectivity index (χ1v) is 18.8. The Labute approximate surface area is 338 Å². The van der Waals surface area contributed by atoms with Crippen molar-refractivity contribution in [3.05, 3.63) is 156 Å². The molecule has 56 heavy (non-hydrogen) atoms. The largest absolute Gasteiger partial charge is 2.00 e. The van der Waals surface area contributed by atoms with Crippen LogP contribution in [0.3, 0.4) is 0 Å². The van der Waals surface area contributed by atoms with Gasteiger partial charge in [-0.15, -0.1) is 29.7 Å². The Bertz CT molecular complexity index is 3370. The van der Waals surface area contributed by atoms with Gasteiger partial charge in [0.25, 0.3) is 0 Å². The summed E-state index contributed by atoms with van der Waals surface area (Å²) in [7, 11) is 0. The van der Waals surface area contributed by atoms with E-state index in [4.69, 9.17) is 14.7 Å². The molecule has 0 aliphatic rings. The van der Waals surface area contributed by atoms with Crippen LogP contribution in [0.15, 0.2) is 128 Å². The number of hydrogen-bond donors (Lipinski definition) is 0. The second-order valence-corrected chi connectivity index (χ2v) is 15.8. The Morgan fingerprint density at radius 3 is 2.02 bits per heavy atom. The molecule has 0 bridgehead atoms. The molecular formula is C50H36N4OPt. The summed E-state index contributed by atoms with van der Waals surface area (Å²) in [6.45, 7) is 11.1. The Balaban J connectivity index is 0.00000384. The number of pyridine rings is 2. The zero-order valence-corrected chi connectivity index (χ0v) is 33.9. The van der Waals surface area contributed by atoms with Crippen LogP contribution in [0, 0.1) is 26.0 Å². The molecule has 11 rings (SSSR count). The number of rotatable bonds is 4. The van der Waals surface area contributed by atoms with Gasteiger partial charge in [-0.25, -0.2) is 4.98 Å². The van der Waals surface area contributed by atoms with Crippen molar-refractivity contribution in [3.8, 4) is 34.0 Å². The molecule has 5 heterocycles. The second kappa shape index (κ2) is 12.5. The van der Waals surface area contributed by atoms with Crippen molar-refractivity contribution in [1.82, 2.24) is 18.8 Å². The van der Waals surface area contributed by atoms with Crippen molar-refractivity contribution in [2.24, 2.45) is 0 Å². The van der Waals surface area contributed by atoms with Gasteiger partial charge in [-0.1, -0.05) is 128 Å². The smallest absolute Gasteiger partial charge is 0.503 e. The molecule has 0 atom stereocenters. The number of para-hydroxylation sites is 2. The molecule has 0 N–H and O–H groups in total. The maximum atomic E-state index is 6.70. The molecule has 0 spiro atoms. The van der Waals surface area contributed by atoms with Crippen LogP contribution in [0.1, 0.15) is 37.5 Å². The van der Waals surface area contributed by atoms with Crippen molar-refractivity contribution < 1.29 is 25.8 Å². The van der Waals surface area contributed by atoms with E-state index >= 15 is 0 Å². The number of hydrogen-bond acceptors (Lipinski definition) is 3. The summed E-state index contributed by atoms with van der Waals surface area (Å²) in [6, 6.07) is 50.0. The van der Waals surface area contributed by atoms with Gasteiger partial charge in [0.1, 0.15) is 5.65 Å². The summed E-state index contributed by atoms with van der Waals surface area (Å²) in [5.74, 6) is 1.22. The molecule has 0 aliphatic carbocycles. The fraction of sp³-hybridized carbons (Fsp3) is 0.120. The number of benzene rings is 6. The first-order chi connectivity index (χ1) is 26.8. The summed E-state index contributed by atoms with van der Waals surface area (Å²) in [5.41, 5.74) is 12.9. The average molecular weight is 904 g/mol. The van der Waals surface area contributed by atoms with Crippen molar-refractivity contribution in [1.29, 1.82) is 0 Å². The summed E-state index contributed by atoms with van der Waals surface area (Å²) in [6.07, 6.45) is 1.93. The Hall–Kier alpha value is -6.03. The molecule has 0 amide bonds. The van der Waals surface area contributed by atoms with Gasteiger partial charge in [-0.2, -0.15) is 6.07 Å². The number of fused-ring (bicyclic) bond motifs is 12. The van der Waals surface area contributed by atoms with Gasteiger partial charge in [-0.3, -0.25) is 4.98 Å². The molecule has 11 aromatic rings. The average Bonchev–Trinajstić information content (AvgIpc) is 3.86. The molecule has 5 aromatic heterocycles. The molecule has 6 heteroatoms. The normalized spacial score (nSPS) is 12.2.